The molecule has 1 saturated heterocycles. The number of alkyl halides is 3. The van der Waals surface area contributed by atoms with Crippen molar-refractivity contribution in [3.05, 3.63) is 69.2 Å². The summed E-state index contributed by atoms with van der Waals surface area (Å²) in [4.78, 5) is 37.7. The van der Waals surface area contributed by atoms with E-state index in [2.05, 4.69) is 0 Å². The third-order valence-corrected chi connectivity index (χ3v) is 5.10. The molecular weight excluding hydrogens is 439 g/mol. The molecule has 1 atom stereocenters. The number of carbonyl (C=O) groups excluding carboxylic acids is 2. The van der Waals surface area contributed by atoms with Crippen LogP contribution in [-0.4, -0.2) is 40.9 Å². The van der Waals surface area contributed by atoms with Crippen LogP contribution in [0.2, 0.25) is 5.02 Å². The molecule has 31 heavy (non-hydrogen) atoms. The summed E-state index contributed by atoms with van der Waals surface area (Å²) in [6, 6.07) is 11.6. The number of nitrogens with zero attached hydrogens (tertiary/aromatic N) is 3. The van der Waals surface area contributed by atoms with E-state index in [0.29, 0.717) is 15.6 Å². The third-order valence-electron chi connectivity index (χ3n) is 4.84. The van der Waals surface area contributed by atoms with Crippen molar-refractivity contribution >= 4 is 34.8 Å². The van der Waals surface area contributed by atoms with Crippen LogP contribution in [0, 0.1) is 16.0 Å². The normalized spacial score (nSPS) is 16.5. The van der Waals surface area contributed by atoms with Gasteiger partial charge in [-0.3, -0.25) is 19.7 Å². The van der Waals surface area contributed by atoms with E-state index in [1.165, 1.54) is 23.1 Å². The van der Waals surface area contributed by atoms with Gasteiger partial charge in [-0.05, 0) is 24.3 Å². The average Bonchev–Trinajstić information content (AvgIpc) is 3.08. The number of rotatable bonds is 6. The Kier molecular flexibility index (Phi) is 6.49. The van der Waals surface area contributed by atoms with Crippen molar-refractivity contribution in [3.8, 4) is 0 Å². The van der Waals surface area contributed by atoms with Crippen LogP contribution in [-0.2, 0) is 16.1 Å². The van der Waals surface area contributed by atoms with Crippen LogP contribution in [0.5, 0.6) is 0 Å². The van der Waals surface area contributed by atoms with Crippen molar-refractivity contribution in [1.82, 2.24) is 4.90 Å². The van der Waals surface area contributed by atoms with Gasteiger partial charge in [-0.1, -0.05) is 29.8 Å². The number of para-hydroxylation sites is 1. The number of hydrogen-bond donors (Lipinski definition) is 0. The first kappa shape index (κ1) is 22.5. The van der Waals surface area contributed by atoms with E-state index in [9.17, 15) is 32.9 Å². The molecular formula is C20H17ClF3N3O4. The molecule has 2 aromatic carbocycles. The minimum atomic E-state index is -4.71. The standard InChI is InChI=1S/C20H17ClF3N3O4/c21-15-5-7-16(8-6-15)26-11-14(9-18(26)28)19(29)25(12-20(22,23)24)10-13-3-1-2-4-17(13)27(30)31/h1-8,14H,9-12H2. The molecule has 3 rings (SSSR count). The summed E-state index contributed by atoms with van der Waals surface area (Å²) in [6.07, 6.45) is -4.97. The number of halogens is 4. The number of carbonyl (C=O) groups is 2. The maximum Gasteiger partial charge on any atom is 0.406 e. The van der Waals surface area contributed by atoms with Gasteiger partial charge in [-0.25, -0.2) is 0 Å². The molecule has 1 heterocycles. The Morgan fingerprint density at radius 2 is 1.84 bits per heavy atom. The van der Waals surface area contributed by atoms with Crippen molar-refractivity contribution in [2.45, 2.75) is 19.1 Å². The molecule has 0 radical (unpaired) electrons. The van der Waals surface area contributed by atoms with E-state index in [1.807, 2.05) is 0 Å². The highest BCUT2D eigenvalue weighted by molar-refractivity contribution is 6.30. The average molecular weight is 456 g/mol. The first-order valence-corrected chi connectivity index (χ1v) is 9.56. The summed E-state index contributed by atoms with van der Waals surface area (Å²) in [6.45, 7) is -2.27. The van der Waals surface area contributed by atoms with Gasteiger partial charge in [-0.2, -0.15) is 13.2 Å². The van der Waals surface area contributed by atoms with Crippen LogP contribution >= 0.6 is 11.6 Å². The molecule has 1 aliphatic heterocycles. The van der Waals surface area contributed by atoms with Gasteiger partial charge in [0.2, 0.25) is 11.8 Å². The molecule has 2 amide bonds. The quantitative estimate of drug-likeness (QED) is 0.483. The maximum absolute atomic E-state index is 13.2. The molecule has 2 aromatic rings. The van der Waals surface area contributed by atoms with Gasteiger partial charge in [0, 0.05) is 35.3 Å². The molecule has 0 N–H and O–H groups in total. The molecule has 0 saturated carbocycles. The van der Waals surface area contributed by atoms with E-state index in [1.54, 1.807) is 24.3 Å². The van der Waals surface area contributed by atoms with Gasteiger partial charge in [0.1, 0.15) is 6.54 Å². The topological polar surface area (TPSA) is 83.8 Å². The van der Waals surface area contributed by atoms with E-state index in [0.717, 1.165) is 6.07 Å². The fourth-order valence-corrected chi connectivity index (χ4v) is 3.58. The maximum atomic E-state index is 13.2. The Balaban J connectivity index is 1.83. The first-order valence-electron chi connectivity index (χ1n) is 9.19. The lowest BCUT2D eigenvalue weighted by atomic mass is 10.1. The van der Waals surface area contributed by atoms with Crippen molar-refractivity contribution in [3.63, 3.8) is 0 Å². The van der Waals surface area contributed by atoms with Crippen LogP contribution in [0.25, 0.3) is 0 Å². The minimum Gasteiger partial charge on any atom is -0.329 e. The number of anilines is 1. The highest BCUT2D eigenvalue weighted by Crippen LogP contribution is 2.30. The van der Waals surface area contributed by atoms with Crippen molar-refractivity contribution in [1.29, 1.82) is 0 Å². The Bertz CT molecular complexity index is 998. The highest BCUT2D eigenvalue weighted by Gasteiger charge is 2.41. The summed E-state index contributed by atoms with van der Waals surface area (Å²) in [5.41, 5.74) is 0.0718. The summed E-state index contributed by atoms with van der Waals surface area (Å²) in [5.74, 6) is -2.30. The molecule has 0 spiro atoms. The fraction of sp³-hybridized carbons (Fsp3) is 0.300. The van der Waals surface area contributed by atoms with Crippen molar-refractivity contribution in [2.24, 2.45) is 5.92 Å². The van der Waals surface area contributed by atoms with Crippen LogP contribution in [0.1, 0.15) is 12.0 Å². The fourth-order valence-electron chi connectivity index (χ4n) is 3.46. The Morgan fingerprint density at radius 3 is 2.45 bits per heavy atom. The van der Waals surface area contributed by atoms with Gasteiger partial charge < -0.3 is 9.80 Å². The summed E-state index contributed by atoms with van der Waals surface area (Å²) in [5, 5.41) is 11.6. The Hall–Kier alpha value is -3.14. The van der Waals surface area contributed by atoms with Gasteiger partial charge in [-0.15, -0.1) is 0 Å². The molecule has 164 valence electrons. The number of benzene rings is 2. The highest BCUT2D eigenvalue weighted by atomic mass is 35.5. The lowest BCUT2D eigenvalue weighted by Crippen LogP contribution is -2.42. The van der Waals surface area contributed by atoms with E-state index < -0.39 is 41.9 Å². The predicted molar refractivity (Wildman–Crippen MR) is 106 cm³/mol. The second-order valence-electron chi connectivity index (χ2n) is 7.08. The van der Waals surface area contributed by atoms with Gasteiger partial charge in [0.25, 0.3) is 5.69 Å². The second kappa shape index (κ2) is 8.93. The second-order valence-corrected chi connectivity index (χ2v) is 7.51. The monoisotopic (exact) mass is 455 g/mol. The number of amides is 2. The SMILES string of the molecule is O=C(C1CC(=O)N(c2ccc(Cl)cc2)C1)N(Cc1ccccc1[N+](=O)[O-])CC(F)(F)F. The zero-order chi connectivity index (χ0) is 22.8. The van der Waals surface area contributed by atoms with Gasteiger partial charge in [0.15, 0.2) is 0 Å². The smallest absolute Gasteiger partial charge is 0.329 e. The molecule has 1 fully saturated rings. The van der Waals surface area contributed by atoms with E-state index in [4.69, 9.17) is 11.6 Å². The lowest BCUT2D eigenvalue weighted by Gasteiger charge is -2.26. The Morgan fingerprint density at radius 1 is 1.19 bits per heavy atom. The van der Waals surface area contributed by atoms with Crippen LogP contribution in [0.4, 0.5) is 24.5 Å². The molecule has 0 bridgehead atoms. The third kappa shape index (κ3) is 5.52. The molecule has 1 aliphatic rings. The summed E-state index contributed by atoms with van der Waals surface area (Å²) in [7, 11) is 0. The zero-order valence-electron chi connectivity index (χ0n) is 16.0. The number of nitro benzene ring substituents is 1. The summed E-state index contributed by atoms with van der Waals surface area (Å²) >= 11 is 5.83. The molecule has 11 heteroatoms. The number of nitro groups is 1. The molecule has 1 unspecified atom stereocenters. The zero-order valence-corrected chi connectivity index (χ0v) is 16.8. The summed E-state index contributed by atoms with van der Waals surface area (Å²) < 4.78 is 39.5. The largest absolute Gasteiger partial charge is 0.406 e. The molecule has 7 nitrogen and oxygen atoms in total. The first-order chi connectivity index (χ1) is 14.5. The van der Waals surface area contributed by atoms with Crippen LogP contribution in [0.15, 0.2) is 48.5 Å². The van der Waals surface area contributed by atoms with E-state index in [-0.39, 0.29) is 24.2 Å². The minimum absolute atomic E-state index is 0.0241. The lowest BCUT2D eigenvalue weighted by molar-refractivity contribution is -0.385. The molecule has 0 aromatic heterocycles. The van der Waals surface area contributed by atoms with Crippen LogP contribution < -0.4 is 4.90 Å². The number of hydrogen-bond acceptors (Lipinski definition) is 4. The van der Waals surface area contributed by atoms with Crippen molar-refractivity contribution < 1.29 is 27.7 Å². The Labute approximate surface area is 180 Å². The van der Waals surface area contributed by atoms with E-state index >= 15 is 0 Å². The van der Waals surface area contributed by atoms with Gasteiger partial charge in [0.05, 0.1) is 17.4 Å². The van der Waals surface area contributed by atoms with Crippen molar-refractivity contribution in [2.75, 3.05) is 18.0 Å². The molecule has 0 aliphatic carbocycles. The predicted octanol–water partition coefficient (Wildman–Crippen LogP) is 4.19. The van der Waals surface area contributed by atoms with Crippen LogP contribution in [0.3, 0.4) is 0 Å². The van der Waals surface area contributed by atoms with Gasteiger partial charge >= 0.3 is 6.18 Å².